The number of aryl methyl sites for hydroxylation is 1. The third-order valence-electron chi connectivity index (χ3n) is 4.15. The summed E-state index contributed by atoms with van der Waals surface area (Å²) in [6, 6.07) is 17.4. The van der Waals surface area contributed by atoms with Gasteiger partial charge < -0.3 is 10.1 Å². The number of rotatable bonds is 6. The monoisotopic (exact) mass is 443 g/mol. The van der Waals surface area contributed by atoms with Crippen molar-refractivity contribution in [1.29, 1.82) is 0 Å². The fourth-order valence-electron chi connectivity index (χ4n) is 2.62. The van der Waals surface area contributed by atoms with Crippen LogP contribution in [0.3, 0.4) is 0 Å². The first-order chi connectivity index (χ1) is 12.9. The summed E-state index contributed by atoms with van der Waals surface area (Å²) in [7, 11) is 0. The van der Waals surface area contributed by atoms with Gasteiger partial charge in [-0.05, 0) is 70.2 Å². The highest BCUT2D eigenvalue weighted by Gasteiger charge is 2.13. The summed E-state index contributed by atoms with van der Waals surface area (Å²) in [6.07, 6.45) is 0. The second-order valence-electron chi connectivity index (χ2n) is 6.69. The molecule has 0 fully saturated rings. The number of para-hydroxylation sites is 1. The number of anilines is 1. The van der Waals surface area contributed by atoms with Gasteiger partial charge in [0, 0.05) is 10.4 Å². The van der Waals surface area contributed by atoms with Crippen molar-refractivity contribution in [3.63, 3.8) is 0 Å². The van der Waals surface area contributed by atoms with E-state index in [0.717, 1.165) is 26.4 Å². The van der Waals surface area contributed by atoms with Gasteiger partial charge in [0.05, 0.1) is 9.47 Å². The number of nitrogens with one attached hydrogen (secondary N) is 1. The normalized spacial score (nSPS) is 10.9. The molecule has 0 radical (unpaired) electrons. The first-order valence-electron chi connectivity index (χ1n) is 8.82. The maximum Gasteiger partial charge on any atom is 0.256 e. The molecule has 0 spiro atoms. The molecule has 0 atom stereocenters. The number of ether oxygens (including phenoxy) is 1. The molecule has 0 aliphatic carbocycles. The molecule has 0 saturated carbocycles. The van der Waals surface area contributed by atoms with E-state index in [2.05, 4.69) is 41.2 Å². The zero-order valence-electron chi connectivity index (χ0n) is 15.6. The Balaban J connectivity index is 1.69. The standard InChI is InChI=1S/C22H22BrNO2S/c1-14(2)20-11-15(3)22(27-20)24-21(25)17-8-6-7-16(12-17)13-26-19-10-5-4-9-18(19)23/h4-12,14H,13H2,1-3H3,(H,24,25). The molecule has 0 aliphatic rings. The van der Waals surface area contributed by atoms with Crippen LogP contribution in [0.4, 0.5) is 5.00 Å². The van der Waals surface area contributed by atoms with Crippen LogP contribution in [0, 0.1) is 6.92 Å². The van der Waals surface area contributed by atoms with E-state index >= 15 is 0 Å². The van der Waals surface area contributed by atoms with Gasteiger partial charge in [0.2, 0.25) is 0 Å². The SMILES string of the molecule is Cc1cc(C(C)C)sc1NC(=O)c1cccc(COc2ccccc2Br)c1. The van der Waals surface area contributed by atoms with Gasteiger partial charge >= 0.3 is 0 Å². The number of thiophene rings is 1. The van der Waals surface area contributed by atoms with E-state index in [0.29, 0.717) is 18.1 Å². The van der Waals surface area contributed by atoms with Crippen molar-refractivity contribution in [3.05, 3.63) is 80.6 Å². The van der Waals surface area contributed by atoms with Gasteiger partial charge in [0.15, 0.2) is 0 Å². The highest BCUT2D eigenvalue weighted by molar-refractivity contribution is 9.10. The van der Waals surface area contributed by atoms with E-state index in [1.165, 1.54) is 4.88 Å². The van der Waals surface area contributed by atoms with Crippen molar-refractivity contribution in [2.75, 3.05) is 5.32 Å². The van der Waals surface area contributed by atoms with Crippen LogP contribution in [-0.2, 0) is 6.61 Å². The molecule has 1 heterocycles. The van der Waals surface area contributed by atoms with Crippen LogP contribution in [0.25, 0.3) is 0 Å². The average Bonchev–Trinajstić information content (AvgIpc) is 3.02. The van der Waals surface area contributed by atoms with E-state index in [9.17, 15) is 4.79 Å². The number of halogens is 1. The zero-order valence-corrected chi connectivity index (χ0v) is 18.0. The molecule has 0 aliphatic heterocycles. The van der Waals surface area contributed by atoms with E-state index < -0.39 is 0 Å². The minimum Gasteiger partial charge on any atom is -0.488 e. The van der Waals surface area contributed by atoms with Gasteiger partial charge in [0.25, 0.3) is 5.91 Å². The smallest absolute Gasteiger partial charge is 0.256 e. The number of hydrogen-bond donors (Lipinski definition) is 1. The Morgan fingerprint density at radius 3 is 2.63 bits per heavy atom. The van der Waals surface area contributed by atoms with E-state index in [1.54, 1.807) is 11.3 Å². The Bertz CT molecular complexity index is 949. The molecule has 1 N–H and O–H groups in total. The van der Waals surface area contributed by atoms with Crippen molar-refractivity contribution in [2.45, 2.75) is 33.3 Å². The molecule has 5 heteroatoms. The second kappa shape index (κ2) is 8.72. The minimum atomic E-state index is -0.0991. The van der Waals surface area contributed by atoms with Crippen molar-refractivity contribution in [2.24, 2.45) is 0 Å². The summed E-state index contributed by atoms with van der Waals surface area (Å²) >= 11 is 5.12. The van der Waals surface area contributed by atoms with Crippen LogP contribution in [0.1, 0.15) is 46.1 Å². The minimum absolute atomic E-state index is 0.0991. The Morgan fingerprint density at radius 1 is 1.15 bits per heavy atom. The van der Waals surface area contributed by atoms with Crippen molar-refractivity contribution < 1.29 is 9.53 Å². The summed E-state index contributed by atoms with van der Waals surface area (Å²) in [6.45, 7) is 6.75. The lowest BCUT2D eigenvalue weighted by molar-refractivity contribution is 0.102. The Labute approximate surface area is 172 Å². The van der Waals surface area contributed by atoms with E-state index in [1.807, 2.05) is 55.5 Å². The van der Waals surface area contributed by atoms with Crippen molar-refractivity contribution in [3.8, 4) is 5.75 Å². The highest BCUT2D eigenvalue weighted by Crippen LogP contribution is 2.32. The number of carbonyl (C=O) groups excluding carboxylic acids is 1. The maximum absolute atomic E-state index is 12.7. The predicted octanol–water partition coefficient (Wildman–Crippen LogP) is 6.77. The van der Waals surface area contributed by atoms with Crippen LogP contribution >= 0.6 is 27.3 Å². The topological polar surface area (TPSA) is 38.3 Å². The van der Waals surface area contributed by atoms with Crippen LogP contribution in [0.5, 0.6) is 5.75 Å². The van der Waals surface area contributed by atoms with Gasteiger partial charge in [-0.3, -0.25) is 4.79 Å². The Hall–Kier alpha value is -2.11. The summed E-state index contributed by atoms with van der Waals surface area (Å²) in [5, 5.41) is 3.96. The summed E-state index contributed by atoms with van der Waals surface area (Å²) in [4.78, 5) is 13.9. The molecule has 1 aromatic heterocycles. The van der Waals surface area contributed by atoms with Gasteiger partial charge in [-0.2, -0.15) is 0 Å². The second-order valence-corrected chi connectivity index (χ2v) is 8.63. The molecule has 0 saturated heterocycles. The van der Waals surface area contributed by atoms with Gasteiger partial charge in [-0.25, -0.2) is 0 Å². The molecule has 27 heavy (non-hydrogen) atoms. The third-order valence-corrected chi connectivity index (χ3v) is 6.26. The van der Waals surface area contributed by atoms with Gasteiger partial charge in [0.1, 0.15) is 12.4 Å². The third kappa shape index (κ3) is 4.99. The molecular formula is C22H22BrNO2S. The maximum atomic E-state index is 12.7. The number of carbonyl (C=O) groups is 1. The molecule has 3 aromatic rings. The predicted molar refractivity (Wildman–Crippen MR) is 116 cm³/mol. The van der Waals surface area contributed by atoms with Crippen LogP contribution < -0.4 is 10.1 Å². The lowest BCUT2D eigenvalue weighted by Gasteiger charge is -2.09. The zero-order chi connectivity index (χ0) is 19.4. The van der Waals surface area contributed by atoms with Crippen LogP contribution in [0.15, 0.2) is 59.1 Å². The summed E-state index contributed by atoms with van der Waals surface area (Å²) in [5.74, 6) is 1.14. The average molecular weight is 444 g/mol. The quantitative estimate of drug-likeness (QED) is 0.456. The van der Waals surface area contributed by atoms with Crippen LogP contribution in [0.2, 0.25) is 0 Å². The fraction of sp³-hybridized carbons (Fsp3) is 0.227. The molecule has 0 bridgehead atoms. The summed E-state index contributed by atoms with van der Waals surface area (Å²) in [5.41, 5.74) is 2.68. The van der Waals surface area contributed by atoms with Gasteiger partial charge in [-0.15, -0.1) is 11.3 Å². The van der Waals surface area contributed by atoms with E-state index in [4.69, 9.17) is 4.74 Å². The first kappa shape index (κ1) is 19.6. The molecular weight excluding hydrogens is 422 g/mol. The molecule has 2 aromatic carbocycles. The highest BCUT2D eigenvalue weighted by atomic mass is 79.9. The lowest BCUT2D eigenvalue weighted by Crippen LogP contribution is -2.12. The Kier molecular flexibility index (Phi) is 6.34. The first-order valence-corrected chi connectivity index (χ1v) is 10.4. The van der Waals surface area contributed by atoms with Crippen LogP contribution in [-0.4, -0.2) is 5.91 Å². The largest absolute Gasteiger partial charge is 0.488 e. The number of hydrogen-bond acceptors (Lipinski definition) is 3. The fourth-order valence-corrected chi connectivity index (χ4v) is 4.09. The van der Waals surface area contributed by atoms with Crippen molar-refractivity contribution in [1.82, 2.24) is 0 Å². The number of amides is 1. The van der Waals surface area contributed by atoms with Crippen molar-refractivity contribution >= 4 is 38.2 Å². The van der Waals surface area contributed by atoms with E-state index in [-0.39, 0.29) is 5.91 Å². The summed E-state index contributed by atoms with van der Waals surface area (Å²) < 4.78 is 6.76. The molecule has 3 nitrogen and oxygen atoms in total. The van der Waals surface area contributed by atoms with Gasteiger partial charge in [-0.1, -0.05) is 38.1 Å². The molecule has 3 rings (SSSR count). The molecule has 140 valence electrons. The number of benzene rings is 2. The molecule has 0 unspecified atom stereocenters. The Morgan fingerprint density at radius 2 is 1.93 bits per heavy atom. The molecule has 1 amide bonds. The lowest BCUT2D eigenvalue weighted by atomic mass is 10.1.